The van der Waals surface area contributed by atoms with Gasteiger partial charge in [-0.25, -0.2) is 0 Å². The van der Waals surface area contributed by atoms with E-state index in [0.29, 0.717) is 5.41 Å². The molecular weight excluding hydrogens is 216 g/mol. The summed E-state index contributed by atoms with van der Waals surface area (Å²) in [6.45, 7) is 8.21. The summed E-state index contributed by atoms with van der Waals surface area (Å²) >= 11 is 0. The summed E-state index contributed by atoms with van der Waals surface area (Å²) in [6.07, 6.45) is 2.28. The predicted molar refractivity (Wildman–Crippen MR) is 63.7 cm³/mol. The first-order chi connectivity index (χ1) is 8.18. The van der Waals surface area contributed by atoms with Crippen LogP contribution in [0.1, 0.15) is 38.0 Å². The first kappa shape index (κ1) is 11.2. The third kappa shape index (κ3) is 1.98. The SMILES string of the molecule is CC(NCC1(C)COC1)c1nnc2n1CCC2. The Morgan fingerprint density at radius 1 is 1.47 bits per heavy atom. The van der Waals surface area contributed by atoms with Crippen molar-refractivity contribution >= 4 is 0 Å². The number of aromatic nitrogens is 3. The Balaban J connectivity index is 1.63. The van der Waals surface area contributed by atoms with Gasteiger partial charge >= 0.3 is 0 Å². The van der Waals surface area contributed by atoms with E-state index < -0.39 is 0 Å². The van der Waals surface area contributed by atoms with Crippen molar-refractivity contribution in [3.05, 3.63) is 11.6 Å². The first-order valence-electron chi connectivity index (χ1n) is 6.41. The number of nitrogens with zero attached hydrogens (tertiary/aromatic N) is 3. The van der Waals surface area contributed by atoms with Crippen LogP contribution in [0.4, 0.5) is 0 Å². The highest BCUT2D eigenvalue weighted by Crippen LogP contribution is 2.26. The maximum Gasteiger partial charge on any atom is 0.149 e. The molecule has 17 heavy (non-hydrogen) atoms. The molecule has 1 aromatic rings. The van der Waals surface area contributed by atoms with Crippen LogP contribution in [0.3, 0.4) is 0 Å². The van der Waals surface area contributed by atoms with Crippen molar-refractivity contribution in [2.24, 2.45) is 5.41 Å². The lowest BCUT2D eigenvalue weighted by atomic mass is 9.88. The van der Waals surface area contributed by atoms with Crippen LogP contribution in [-0.2, 0) is 17.7 Å². The van der Waals surface area contributed by atoms with Crippen LogP contribution < -0.4 is 5.32 Å². The van der Waals surface area contributed by atoms with Gasteiger partial charge < -0.3 is 14.6 Å². The number of hydrogen-bond donors (Lipinski definition) is 1. The van der Waals surface area contributed by atoms with Crippen LogP contribution in [0.2, 0.25) is 0 Å². The van der Waals surface area contributed by atoms with E-state index in [2.05, 4.69) is 33.9 Å². The van der Waals surface area contributed by atoms with Crippen LogP contribution >= 0.6 is 0 Å². The third-order valence-corrected chi connectivity index (χ3v) is 3.76. The minimum absolute atomic E-state index is 0.270. The van der Waals surface area contributed by atoms with Gasteiger partial charge in [0.05, 0.1) is 19.3 Å². The number of fused-ring (bicyclic) bond motifs is 1. The average Bonchev–Trinajstić information content (AvgIpc) is 2.84. The van der Waals surface area contributed by atoms with Gasteiger partial charge in [0, 0.05) is 24.9 Å². The number of aryl methyl sites for hydroxylation is 1. The molecule has 0 spiro atoms. The summed E-state index contributed by atoms with van der Waals surface area (Å²) in [4.78, 5) is 0. The maximum atomic E-state index is 5.26. The average molecular weight is 236 g/mol. The Morgan fingerprint density at radius 3 is 3.00 bits per heavy atom. The standard InChI is InChI=1S/C12H20N4O/c1-9(13-6-12(2)7-17-8-12)11-15-14-10-4-3-5-16(10)11/h9,13H,3-8H2,1-2H3. The minimum Gasteiger partial charge on any atom is -0.380 e. The lowest BCUT2D eigenvalue weighted by Gasteiger charge is -2.38. The van der Waals surface area contributed by atoms with Gasteiger partial charge in [-0.05, 0) is 13.3 Å². The molecule has 0 bridgehead atoms. The van der Waals surface area contributed by atoms with Crippen LogP contribution in [0.5, 0.6) is 0 Å². The zero-order chi connectivity index (χ0) is 11.9. The van der Waals surface area contributed by atoms with Crippen LogP contribution in [-0.4, -0.2) is 34.5 Å². The summed E-state index contributed by atoms with van der Waals surface area (Å²) in [5, 5.41) is 12.1. The molecule has 2 aliphatic rings. The summed E-state index contributed by atoms with van der Waals surface area (Å²) in [5.74, 6) is 2.23. The highest BCUT2D eigenvalue weighted by atomic mass is 16.5. The van der Waals surface area contributed by atoms with Gasteiger partial charge in [-0.2, -0.15) is 0 Å². The minimum atomic E-state index is 0.270. The fourth-order valence-corrected chi connectivity index (χ4v) is 2.54. The fraction of sp³-hybridized carbons (Fsp3) is 0.833. The van der Waals surface area contributed by atoms with Crippen molar-refractivity contribution in [2.45, 2.75) is 39.3 Å². The summed E-state index contributed by atoms with van der Waals surface area (Å²) < 4.78 is 7.52. The van der Waals surface area contributed by atoms with E-state index in [1.54, 1.807) is 0 Å². The normalized spacial score (nSPS) is 23.2. The molecule has 2 aliphatic heterocycles. The molecule has 94 valence electrons. The molecule has 0 aromatic carbocycles. The van der Waals surface area contributed by atoms with Crippen LogP contribution in [0.25, 0.3) is 0 Å². The fourth-order valence-electron chi connectivity index (χ4n) is 2.54. The highest BCUT2D eigenvalue weighted by Gasteiger charge is 2.33. The Hall–Kier alpha value is -0.940. The zero-order valence-corrected chi connectivity index (χ0v) is 10.6. The Morgan fingerprint density at radius 2 is 2.29 bits per heavy atom. The van der Waals surface area contributed by atoms with E-state index in [9.17, 15) is 0 Å². The van der Waals surface area contributed by atoms with Crippen molar-refractivity contribution in [1.29, 1.82) is 0 Å². The van der Waals surface area contributed by atoms with Gasteiger partial charge in [-0.15, -0.1) is 10.2 Å². The molecule has 0 amide bonds. The third-order valence-electron chi connectivity index (χ3n) is 3.76. The molecule has 3 heterocycles. The van der Waals surface area contributed by atoms with E-state index in [1.165, 1.54) is 6.42 Å². The molecule has 5 heteroatoms. The summed E-state index contributed by atoms with van der Waals surface area (Å²) in [7, 11) is 0. The van der Waals surface area contributed by atoms with E-state index in [1.807, 2.05) is 0 Å². The smallest absolute Gasteiger partial charge is 0.149 e. The van der Waals surface area contributed by atoms with Crippen molar-refractivity contribution in [1.82, 2.24) is 20.1 Å². The molecule has 1 saturated heterocycles. The molecule has 1 aromatic heterocycles. The van der Waals surface area contributed by atoms with E-state index >= 15 is 0 Å². The maximum absolute atomic E-state index is 5.26. The van der Waals surface area contributed by atoms with E-state index in [-0.39, 0.29) is 6.04 Å². The topological polar surface area (TPSA) is 52.0 Å². The highest BCUT2D eigenvalue weighted by molar-refractivity contribution is 5.04. The molecule has 1 fully saturated rings. The molecule has 1 N–H and O–H groups in total. The van der Waals surface area contributed by atoms with Gasteiger partial charge in [-0.3, -0.25) is 0 Å². The molecular formula is C12H20N4O. The lowest BCUT2D eigenvalue weighted by Crippen LogP contribution is -2.47. The predicted octanol–water partition coefficient (Wildman–Crippen LogP) is 0.911. The van der Waals surface area contributed by atoms with E-state index in [4.69, 9.17) is 4.74 Å². The quantitative estimate of drug-likeness (QED) is 0.844. The van der Waals surface area contributed by atoms with Gasteiger partial charge in [0.25, 0.3) is 0 Å². The second kappa shape index (κ2) is 4.07. The number of nitrogens with one attached hydrogen (secondary N) is 1. The Labute approximate surface area is 102 Å². The number of ether oxygens (including phenoxy) is 1. The molecule has 0 saturated carbocycles. The van der Waals surface area contributed by atoms with Gasteiger partial charge in [0.15, 0.2) is 0 Å². The van der Waals surface area contributed by atoms with Crippen molar-refractivity contribution in [2.75, 3.05) is 19.8 Å². The molecule has 5 nitrogen and oxygen atoms in total. The van der Waals surface area contributed by atoms with E-state index in [0.717, 1.165) is 44.4 Å². The van der Waals surface area contributed by atoms with Gasteiger partial charge in [0.2, 0.25) is 0 Å². The van der Waals surface area contributed by atoms with Gasteiger partial charge in [-0.1, -0.05) is 6.92 Å². The molecule has 3 rings (SSSR count). The van der Waals surface area contributed by atoms with Crippen molar-refractivity contribution in [3.63, 3.8) is 0 Å². The van der Waals surface area contributed by atoms with Crippen LogP contribution in [0.15, 0.2) is 0 Å². The molecule has 1 atom stereocenters. The van der Waals surface area contributed by atoms with Gasteiger partial charge in [0.1, 0.15) is 11.6 Å². The molecule has 0 aliphatic carbocycles. The Bertz CT molecular complexity index is 411. The zero-order valence-electron chi connectivity index (χ0n) is 10.6. The second-order valence-corrected chi connectivity index (χ2v) is 5.64. The lowest BCUT2D eigenvalue weighted by molar-refractivity contribution is -0.1000. The van der Waals surface area contributed by atoms with Crippen molar-refractivity contribution < 1.29 is 4.74 Å². The van der Waals surface area contributed by atoms with Crippen LogP contribution in [0, 0.1) is 5.41 Å². The Kier molecular flexibility index (Phi) is 2.67. The molecule has 1 unspecified atom stereocenters. The molecule has 0 radical (unpaired) electrons. The monoisotopic (exact) mass is 236 g/mol. The number of hydrogen-bond acceptors (Lipinski definition) is 4. The summed E-state index contributed by atoms with van der Waals surface area (Å²) in [6, 6.07) is 0.270. The summed E-state index contributed by atoms with van der Waals surface area (Å²) in [5.41, 5.74) is 0.308. The number of rotatable bonds is 4. The first-order valence-corrected chi connectivity index (χ1v) is 6.41. The second-order valence-electron chi connectivity index (χ2n) is 5.64. The van der Waals surface area contributed by atoms with Crippen molar-refractivity contribution in [3.8, 4) is 0 Å². The largest absolute Gasteiger partial charge is 0.380 e.